The molecule has 0 aromatic carbocycles. The fraction of sp³-hybridized carbons (Fsp3) is 0.786. The lowest BCUT2D eigenvalue weighted by Crippen LogP contribution is -2.27. The van der Waals surface area contributed by atoms with Crippen LogP contribution in [0.1, 0.15) is 57.8 Å². The first-order valence-corrected chi connectivity index (χ1v) is 7.32. The van der Waals surface area contributed by atoms with Gasteiger partial charge in [-0.1, -0.05) is 24.9 Å². The van der Waals surface area contributed by atoms with Crippen LogP contribution in [-0.2, 0) is 0 Å². The third-order valence-electron chi connectivity index (χ3n) is 4.09. The van der Waals surface area contributed by atoms with Crippen molar-refractivity contribution >= 4 is 11.6 Å². The van der Waals surface area contributed by atoms with Gasteiger partial charge in [0.2, 0.25) is 0 Å². The van der Waals surface area contributed by atoms with Crippen LogP contribution < -0.4 is 5.32 Å². The van der Waals surface area contributed by atoms with Crippen LogP contribution in [0.4, 0.5) is 0 Å². The molecule has 0 saturated heterocycles. The Morgan fingerprint density at radius 1 is 1.44 bits per heavy atom. The molecular formula is C14H24ClN3. The largest absolute Gasteiger partial charge is 0.311 e. The van der Waals surface area contributed by atoms with E-state index >= 15 is 0 Å². The minimum Gasteiger partial charge on any atom is -0.311 e. The quantitative estimate of drug-likeness (QED) is 0.901. The summed E-state index contributed by atoms with van der Waals surface area (Å²) in [5.74, 6) is 1.51. The number of aromatic nitrogens is 2. The molecule has 102 valence electrons. The van der Waals surface area contributed by atoms with Crippen molar-refractivity contribution in [1.82, 2.24) is 15.1 Å². The summed E-state index contributed by atoms with van der Waals surface area (Å²) in [7, 11) is 2.03. The first-order chi connectivity index (χ1) is 8.54. The molecule has 1 saturated carbocycles. The zero-order valence-corrected chi connectivity index (χ0v) is 12.5. The number of halogens is 1. The van der Waals surface area contributed by atoms with Crippen molar-refractivity contribution in [3.63, 3.8) is 0 Å². The highest BCUT2D eigenvalue weighted by molar-refractivity contribution is 6.31. The Hall–Kier alpha value is -0.540. The summed E-state index contributed by atoms with van der Waals surface area (Å²) in [4.78, 5) is 0. The van der Waals surface area contributed by atoms with Gasteiger partial charge >= 0.3 is 0 Å². The molecule has 1 N–H and O–H groups in total. The molecule has 4 heteroatoms. The van der Waals surface area contributed by atoms with Gasteiger partial charge in [0.15, 0.2) is 0 Å². The molecule has 0 radical (unpaired) electrons. The summed E-state index contributed by atoms with van der Waals surface area (Å²) in [5, 5.41) is 8.67. The highest BCUT2D eigenvalue weighted by atomic mass is 35.5. The van der Waals surface area contributed by atoms with Crippen LogP contribution in [0, 0.1) is 11.8 Å². The maximum absolute atomic E-state index is 6.35. The van der Waals surface area contributed by atoms with Gasteiger partial charge in [0.1, 0.15) is 0 Å². The second kappa shape index (κ2) is 5.62. The average Bonchev–Trinajstić information content (AvgIpc) is 2.88. The van der Waals surface area contributed by atoms with Gasteiger partial charge < -0.3 is 5.32 Å². The van der Waals surface area contributed by atoms with E-state index in [-0.39, 0.29) is 0 Å². The third kappa shape index (κ3) is 2.57. The van der Waals surface area contributed by atoms with E-state index in [1.165, 1.54) is 19.3 Å². The lowest BCUT2D eigenvalue weighted by atomic mass is 9.94. The van der Waals surface area contributed by atoms with Crippen LogP contribution in [0.5, 0.6) is 0 Å². The van der Waals surface area contributed by atoms with E-state index in [0.717, 1.165) is 16.6 Å². The van der Waals surface area contributed by atoms with Crippen molar-refractivity contribution in [3.8, 4) is 0 Å². The normalized spacial score (nSPS) is 25.9. The fourth-order valence-electron chi connectivity index (χ4n) is 3.20. The Kier molecular flexibility index (Phi) is 4.33. The molecule has 0 spiro atoms. The van der Waals surface area contributed by atoms with E-state index in [2.05, 4.69) is 35.9 Å². The van der Waals surface area contributed by atoms with Crippen LogP contribution in [-0.4, -0.2) is 16.8 Å². The average molecular weight is 270 g/mol. The van der Waals surface area contributed by atoms with E-state index in [1.807, 2.05) is 7.05 Å². The smallest absolute Gasteiger partial charge is 0.0834 e. The monoisotopic (exact) mass is 269 g/mol. The second-order valence-corrected chi connectivity index (χ2v) is 6.27. The minimum absolute atomic E-state index is 0.326. The van der Waals surface area contributed by atoms with Gasteiger partial charge in [-0.25, -0.2) is 0 Å². The maximum atomic E-state index is 6.35. The highest BCUT2D eigenvalue weighted by Crippen LogP contribution is 2.40. The lowest BCUT2D eigenvalue weighted by molar-refractivity contribution is 0.347. The van der Waals surface area contributed by atoms with E-state index in [0.29, 0.717) is 18.0 Å². The summed E-state index contributed by atoms with van der Waals surface area (Å²) in [6, 6.07) is 0.675. The molecule has 3 nitrogen and oxygen atoms in total. The molecule has 1 heterocycles. The predicted octanol–water partition coefficient (Wildman–Crippen LogP) is 3.81. The fourth-order valence-corrected chi connectivity index (χ4v) is 3.45. The Bertz CT molecular complexity index is 400. The van der Waals surface area contributed by atoms with Crippen LogP contribution >= 0.6 is 11.6 Å². The van der Waals surface area contributed by atoms with Crippen LogP contribution in [0.25, 0.3) is 0 Å². The van der Waals surface area contributed by atoms with E-state index in [9.17, 15) is 0 Å². The van der Waals surface area contributed by atoms with Gasteiger partial charge in [-0.3, -0.25) is 4.68 Å². The van der Waals surface area contributed by atoms with Crippen LogP contribution in [0.2, 0.25) is 5.02 Å². The van der Waals surface area contributed by atoms with Gasteiger partial charge in [0.05, 0.1) is 23.0 Å². The van der Waals surface area contributed by atoms with E-state index in [1.54, 1.807) is 6.20 Å². The number of hydrogen-bond acceptors (Lipinski definition) is 2. The van der Waals surface area contributed by atoms with E-state index < -0.39 is 0 Å². The number of hydrogen-bond donors (Lipinski definition) is 1. The molecule has 18 heavy (non-hydrogen) atoms. The zero-order valence-electron chi connectivity index (χ0n) is 11.8. The van der Waals surface area contributed by atoms with Gasteiger partial charge in [0.25, 0.3) is 0 Å². The highest BCUT2D eigenvalue weighted by Gasteiger charge is 2.32. The molecule has 0 amide bonds. The molecular weight excluding hydrogens is 246 g/mol. The Labute approximate surface area is 115 Å². The van der Waals surface area contributed by atoms with Gasteiger partial charge in [-0.15, -0.1) is 0 Å². The lowest BCUT2D eigenvalue weighted by Gasteiger charge is -2.26. The maximum Gasteiger partial charge on any atom is 0.0834 e. The van der Waals surface area contributed by atoms with Crippen molar-refractivity contribution in [2.24, 2.45) is 11.8 Å². The molecule has 0 aliphatic heterocycles. The van der Waals surface area contributed by atoms with Gasteiger partial charge in [0, 0.05) is 6.04 Å². The molecule has 1 aromatic heterocycles. The summed E-state index contributed by atoms with van der Waals surface area (Å²) >= 11 is 6.35. The third-order valence-corrected chi connectivity index (χ3v) is 4.38. The van der Waals surface area contributed by atoms with Gasteiger partial charge in [-0.2, -0.15) is 5.10 Å². The first kappa shape index (κ1) is 13.9. The summed E-state index contributed by atoms with van der Waals surface area (Å²) < 4.78 is 2.06. The molecule has 1 aliphatic carbocycles. The number of nitrogens with one attached hydrogen (secondary N) is 1. The van der Waals surface area contributed by atoms with Crippen LogP contribution in [0.15, 0.2) is 6.20 Å². The van der Waals surface area contributed by atoms with Crippen molar-refractivity contribution in [2.75, 3.05) is 7.05 Å². The number of nitrogens with zero attached hydrogens (tertiary/aromatic N) is 2. The predicted molar refractivity (Wildman–Crippen MR) is 75.9 cm³/mol. The van der Waals surface area contributed by atoms with Crippen molar-refractivity contribution in [2.45, 2.75) is 52.1 Å². The standard InChI is InChI=1S/C14H24ClN3/c1-9(2)18-14(12(15)8-17-18)13(16-4)11-6-5-10(3)7-11/h8-11,13,16H,5-7H2,1-4H3. The van der Waals surface area contributed by atoms with Gasteiger partial charge in [-0.05, 0) is 45.6 Å². The van der Waals surface area contributed by atoms with E-state index in [4.69, 9.17) is 11.6 Å². The Balaban J connectivity index is 2.29. The molecule has 0 bridgehead atoms. The second-order valence-electron chi connectivity index (χ2n) is 5.86. The molecule has 1 fully saturated rings. The first-order valence-electron chi connectivity index (χ1n) is 6.94. The number of rotatable bonds is 4. The zero-order chi connectivity index (χ0) is 13.3. The van der Waals surface area contributed by atoms with Crippen LogP contribution in [0.3, 0.4) is 0 Å². The molecule has 1 aliphatic rings. The Morgan fingerprint density at radius 2 is 2.17 bits per heavy atom. The Morgan fingerprint density at radius 3 is 2.67 bits per heavy atom. The molecule has 1 aromatic rings. The SMILES string of the molecule is CNC(c1c(Cl)cnn1C(C)C)C1CCC(C)C1. The van der Waals surface area contributed by atoms with Crippen molar-refractivity contribution < 1.29 is 0 Å². The molecule has 2 rings (SSSR count). The summed E-state index contributed by atoms with van der Waals surface area (Å²) in [5.41, 5.74) is 1.16. The minimum atomic E-state index is 0.326. The van der Waals surface area contributed by atoms with Crippen molar-refractivity contribution in [1.29, 1.82) is 0 Å². The molecule has 3 atom stereocenters. The molecule has 3 unspecified atom stereocenters. The van der Waals surface area contributed by atoms with Crippen molar-refractivity contribution in [3.05, 3.63) is 16.9 Å². The topological polar surface area (TPSA) is 29.9 Å². The summed E-state index contributed by atoms with van der Waals surface area (Å²) in [6.45, 7) is 6.64. The summed E-state index contributed by atoms with van der Waals surface area (Å²) in [6.07, 6.45) is 5.67.